The minimum atomic E-state index is -0.846. The van der Waals surface area contributed by atoms with Crippen molar-refractivity contribution >= 4 is 18.0 Å². The summed E-state index contributed by atoms with van der Waals surface area (Å²) in [6, 6.07) is -0.399. The van der Waals surface area contributed by atoms with Crippen LogP contribution in [0.15, 0.2) is 0 Å². The fraction of sp³-hybridized carbons (Fsp3) is 0.870. The molecule has 1 unspecified atom stereocenters. The molecule has 8 heteroatoms. The quantitative estimate of drug-likeness (QED) is 0.635. The summed E-state index contributed by atoms with van der Waals surface area (Å²) in [5.41, 5.74) is -1.41. The van der Waals surface area contributed by atoms with Crippen LogP contribution < -0.4 is 0 Å². The summed E-state index contributed by atoms with van der Waals surface area (Å²) in [5.74, 6) is 0.225. The minimum Gasteiger partial charge on any atom is -0.444 e. The molecule has 3 atom stereocenters. The molecule has 0 N–H and O–H groups in total. The maximum absolute atomic E-state index is 13.8. The molecule has 0 aromatic heterocycles. The Balaban J connectivity index is 1.58. The predicted molar refractivity (Wildman–Crippen MR) is 114 cm³/mol. The number of amides is 4. The van der Waals surface area contributed by atoms with E-state index in [0.717, 1.165) is 25.7 Å². The molecular formula is C23H37N3O5. The molecule has 0 aromatic rings. The molecule has 0 aromatic carbocycles. The van der Waals surface area contributed by atoms with Crippen molar-refractivity contribution < 1.29 is 23.9 Å². The van der Waals surface area contributed by atoms with Crippen molar-refractivity contribution in [3.8, 4) is 0 Å². The third kappa shape index (κ3) is 3.92. The van der Waals surface area contributed by atoms with E-state index in [2.05, 4.69) is 0 Å². The van der Waals surface area contributed by atoms with Gasteiger partial charge in [0, 0.05) is 50.7 Å². The SMILES string of the molecule is CC(C)N1C(=O)N(CC2CCOCC2)C(=O)C12C[C@H]1CC[C@@H](C2)N1C(=O)OC(C)(C)C. The zero-order chi connectivity index (χ0) is 22.6. The Hall–Kier alpha value is -1.83. The van der Waals surface area contributed by atoms with Gasteiger partial charge in [-0.1, -0.05) is 0 Å². The first kappa shape index (κ1) is 22.4. The topological polar surface area (TPSA) is 79.4 Å². The van der Waals surface area contributed by atoms with E-state index in [0.29, 0.717) is 38.5 Å². The Labute approximate surface area is 185 Å². The molecule has 1 spiro atoms. The fourth-order valence-corrected chi connectivity index (χ4v) is 6.03. The van der Waals surface area contributed by atoms with E-state index in [1.807, 2.05) is 44.4 Å². The van der Waals surface area contributed by atoms with Gasteiger partial charge in [0.05, 0.1) is 0 Å². The smallest absolute Gasteiger partial charge is 0.410 e. The lowest BCUT2D eigenvalue weighted by molar-refractivity contribution is -0.138. The monoisotopic (exact) mass is 435 g/mol. The van der Waals surface area contributed by atoms with E-state index in [-0.39, 0.29) is 36.2 Å². The number of nitrogens with zero attached hydrogens (tertiary/aromatic N) is 3. The minimum absolute atomic E-state index is 0.0709. The Bertz CT molecular complexity index is 726. The Morgan fingerprint density at radius 2 is 1.68 bits per heavy atom. The van der Waals surface area contributed by atoms with Crippen LogP contribution in [0.4, 0.5) is 9.59 Å². The van der Waals surface area contributed by atoms with Crippen LogP contribution in [-0.4, -0.2) is 81.8 Å². The van der Waals surface area contributed by atoms with Gasteiger partial charge in [0.15, 0.2) is 0 Å². The van der Waals surface area contributed by atoms with Gasteiger partial charge < -0.3 is 19.3 Å². The van der Waals surface area contributed by atoms with Gasteiger partial charge in [-0.2, -0.15) is 0 Å². The van der Waals surface area contributed by atoms with Gasteiger partial charge in [0.1, 0.15) is 11.1 Å². The first-order valence-corrected chi connectivity index (χ1v) is 11.8. The predicted octanol–water partition coefficient (Wildman–Crippen LogP) is 3.39. The Kier molecular flexibility index (Phi) is 5.73. The van der Waals surface area contributed by atoms with Gasteiger partial charge in [0.2, 0.25) is 0 Å². The zero-order valence-electron chi connectivity index (χ0n) is 19.6. The molecule has 0 radical (unpaired) electrons. The van der Waals surface area contributed by atoms with E-state index < -0.39 is 11.1 Å². The number of hydrogen-bond donors (Lipinski definition) is 0. The molecular weight excluding hydrogens is 398 g/mol. The Morgan fingerprint density at radius 1 is 1.10 bits per heavy atom. The summed E-state index contributed by atoms with van der Waals surface area (Å²) in [4.78, 5) is 45.3. The summed E-state index contributed by atoms with van der Waals surface area (Å²) in [5, 5.41) is 0. The average molecular weight is 436 g/mol. The number of urea groups is 1. The number of rotatable bonds is 3. The van der Waals surface area contributed by atoms with Gasteiger partial charge in [-0.15, -0.1) is 0 Å². The third-order valence-electron chi connectivity index (χ3n) is 7.21. The van der Waals surface area contributed by atoms with Crippen LogP contribution in [0, 0.1) is 5.92 Å². The first-order chi connectivity index (χ1) is 14.5. The van der Waals surface area contributed by atoms with E-state index in [1.165, 1.54) is 4.90 Å². The van der Waals surface area contributed by atoms with Crippen LogP contribution in [0.25, 0.3) is 0 Å². The van der Waals surface area contributed by atoms with E-state index >= 15 is 0 Å². The molecule has 4 saturated heterocycles. The van der Waals surface area contributed by atoms with Crippen molar-refractivity contribution in [3.63, 3.8) is 0 Å². The van der Waals surface area contributed by atoms with Crippen molar-refractivity contribution in [1.82, 2.24) is 14.7 Å². The number of ether oxygens (including phenoxy) is 2. The van der Waals surface area contributed by atoms with Crippen molar-refractivity contribution in [2.75, 3.05) is 19.8 Å². The second kappa shape index (κ2) is 7.94. The van der Waals surface area contributed by atoms with Crippen molar-refractivity contribution in [2.24, 2.45) is 5.92 Å². The van der Waals surface area contributed by atoms with Gasteiger partial charge in [-0.25, -0.2) is 9.59 Å². The maximum Gasteiger partial charge on any atom is 0.410 e. The zero-order valence-corrected chi connectivity index (χ0v) is 19.6. The maximum atomic E-state index is 13.8. The second-order valence-electron chi connectivity index (χ2n) is 10.9. The van der Waals surface area contributed by atoms with Crippen LogP contribution in [0.5, 0.6) is 0 Å². The summed E-state index contributed by atoms with van der Waals surface area (Å²) < 4.78 is 11.1. The lowest BCUT2D eigenvalue weighted by Crippen LogP contribution is -2.62. The molecule has 174 valence electrons. The fourth-order valence-electron chi connectivity index (χ4n) is 6.03. The molecule has 4 fully saturated rings. The van der Waals surface area contributed by atoms with Crippen LogP contribution in [0.3, 0.4) is 0 Å². The van der Waals surface area contributed by atoms with E-state index in [1.54, 1.807) is 0 Å². The lowest BCUT2D eigenvalue weighted by Gasteiger charge is -2.47. The van der Waals surface area contributed by atoms with Crippen molar-refractivity contribution in [2.45, 2.75) is 102 Å². The lowest BCUT2D eigenvalue weighted by atomic mass is 9.80. The number of imide groups is 1. The molecule has 4 amide bonds. The highest BCUT2D eigenvalue weighted by molar-refractivity contribution is 6.07. The molecule has 4 rings (SSSR count). The largest absolute Gasteiger partial charge is 0.444 e. The molecule has 8 nitrogen and oxygen atoms in total. The van der Waals surface area contributed by atoms with Gasteiger partial charge in [-0.3, -0.25) is 9.69 Å². The van der Waals surface area contributed by atoms with Gasteiger partial charge >= 0.3 is 12.1 Å². The highest BCUT2D eigenvalue weighted by Crippen LogP contribution is 2.48. The number of fused-ring (bicyclic) bond motifs is 2. The summed E-state index contributed by atoms with van der Waals surface area (Å²) in [6.45, 7) is 11.4. The molecule has 4 aliphatic rings. The standard InChI is InChI=1S/C23H37N3O5/c1-15(2)26-20(28)24(14-16-8-10-30-11-9-16)19(27)23(26)12-17-6-7-18(13-23)25(17)21(29)31-22(3,4)5/h15-18H,6-14H2,1-5H3/t17-,18+,23?. The number of carbonyl (C=O) groups excluding carboxylic acids is 3. The van der Waals surface area contributed by atoms with Crippen LogP contribution >= 0.6 is 0 Å². The van der Waals surface area contributed by atoms with E-state index in [4.69, 9.17) is 9.47 Å². The van der Waals surface area contributed by atoms with Gasteiger partial charge in [0.25, 0.3) is 5.91 Å². The average Bonchev–Trinajstić information content (AvgIpc) is 3.05. The molecule has 4 heterocycles. The number of piperidine rings is 1. The van der Waals surface area contributed by atoms with Crippen LogP contribution in [-0.2, 0) is 14.3 Å². The molecule has 0 saturated carbocycles. The Morgan fingerprint density at radius 3 is 2.19 bits per heavy atom. The van der Waals surface area contributed by atoms with Crippen LogP contribution in [0.1, 0.15) is 73.1 Å². The third-order valence-corrected chi connectivity index (χ3v) is 7.21. The highest BCUT2D eigenvalue weighted by atomic mass is 16.6. The molecule has 0 aliphatic carbocycles. The summed E-state index contributed by atoms with van der Waals surface area (Å²) in [7, 11) is 0. The summed E-state index contributed by atoms with van der Waals surface area (Å²) >= 11 is 0. The van der Waals surface area contributed by atoms with E-state index in [9.17, 15) is 14.4 Å². The molecule has 4 aliphatic heterocycles. The first-order valence-electron chi connectivity index (χ1n) is 11.8. The molecule has 31 heavy (non-hydrogen) atoms. The molecule has 2 bridgehead atoms. The summed E-state index contributed by atoms with van der Waals surface area (Å²) in [6.07, 6.45) is 4.14. The normalized spacial score (nSPS) is 32.0. The number of hydrogen-bond acceptors (Lipinski definition) is 5. The van der Waals surface area contributed by atoms with Crippen molar-refractivity contribution in [1.29, 1.82) is 0 Å². The van der Waals surface area contributed by atoms with Crippen molar-refractivity contribution in [3.05, 3.63) is 0 Å². The highest BCUT2D eigenvalue weighted by Gasteiger charge is 2.64. The van der Waals surface area contributed by atoms with Crippen LogP contribution in [0.2, 0.25) is 0 Å². The second-order valence-corrected chi connectivity index (χ2v) is 10.9. The van der Waals surface area contributed by atoms with Gasteiger partial charge in [-0.05, 0) is 66.2 Å². The number of carbonyl (C=O) groups is 3.